The Hall–Kier alpha value is -3.76. The quantitative estimate of drug-likeness (QED) is 0.361. The number of rotatable bonds is 7. The summed E-state index contributed by atoms with van der Waals surface area (Å²) in [6.07, 6.45) is 1.66. The molecule has 1 N–H and O–H groups in total. The van der Waals surface area contributed by atoms with Gasteiger partial charge >= 0.3 is 0 Å². The lowest BCUT2D eigenvalue weighted by Gasteiger charge is -2.34. The van der Waals surface area contributed by atoms with E-state index in [0.29, 0.717) is 22.5 Å². The number of benzene rings is 2. The molecule has 2 aromatic carbocycles. The van der Waals surface area contributed by atoms with Crippen LogP contribution in [0.1, 0.15) is 27.8 Å². The van der Waals surface area contributed by atoms with Crippen LogP contribution in [0, 0.1) is 0 Å². The minimum atomic E-state index is -3.44. The summed E-state index contributed by atoms with van der Waals surface area (Å²) in [6, 6.07) is 18.0. The Kier molecular flexibility index (Phi) is 8.98. The molecule has 0 atom stereocenters. The molecular formula is C29H38N6O3S. The van der Waals surface area contributed by atoms with Crippen LogP contribution in [0.25, 0.3) is 11.0 Å². The van der Waals surface area contributed by atoms with Gasteiger partial charge in [0.1, 0.15) is 5.65 Å². The van der Waals surface area contributed by atoms with Gasteiger partial charge in [-0.25, -0.2) is 13.4 Å². The summed E-state index contributed by atoms with van der Waals surface area (Å²) < 4.78 is 26.7. The Bertz CT molecular complexity index is 1580. The van der Waals surface area contributed by atoms with Crippen LogP contribution in [0.3, 0.4) is 0 Å². The summed E-state index contributed by atoms with van der Waals surface area (Å²) >= 11 is 0. The third-order valence-electron chi connectivity index (χ3n) is 6.73. The van der Waals surface area contributed by atoms with Crippen LogP contribution in [0.15, 0.2) is 76.6 Å². The van der Waals surface area contributed by atoms with Gasteiger partial charge in [0.2, 0.25) is 5.95 Å². The molecule has 4 aromatic rings. The predicted octanol–water partition coefficient (Wildman–Crippen LogP) is 4.40. The predicted molar refractivity (Wildman–Crippen MR) is 160 cm³/mol. The summed E-state index contributed by atoms with van der Waals surface area (Å²) in [7, 11) is -1.31. The fourth-order valence-electron chi connectivity index (χ4n) is 4.50. The lowest BCUT2D eigenvalue weighted by atomic mass is 10.2. The van der Waals surface area contributed by atoms with Gasteiger partial charge in [-0.15, -0.1) is 0 Å². The van der Waals surface area contributed by atoms with E-state index in [4.69, 9.17) is 0 Å². The summed E-state index contributed by atoms with van der Waals surface area (Å²) in [5, 5.41) is 3.91. The normalized spacial score (nSPS) is 14.1. The average molecular weight is 551 g/mol. The van der Waals surface area contributed by atoms with Crippen molar-refractivity contribution >= 4 is 38.2 Å². The van der Waals surface area contributed by atoms with Crippen LogP contribution in [-0.2, 0) is 16.4 Å². The maximum Gasteiger partial charge on any atom is 0.252 e. The van der Waals surface area contributed by atoms with Crippen molar-refractivity contribution in [2.24, 2.45) is 0 Å². The number of hydrogen-bond acceptors (Lipinski definition) is 8. The molecule has 39 heavy (non-hydrogen) atoms. The van der Waals surface area contributed by atoms with E-state index in [0.717, 1.165) is 31.9 Å². The fraction of sp³-hybridized carbons (Fsp3) is 0.345. The van der Waals surface area contributed by atoms with Gasteiger partial charge in [0.25, 0.3) is 5.56 Å². The number of fused-ring (bicyclic) bond motifs is 1. The zero-order valence-electron chi connectivity index (χ0n) is 23.0. The highest BCUT2D eigenvalue weighted by molar-refractivity contribution is 7.91. The molecule has 1 aliphatic rings. The van der Waals surface area contributed by atoms with Gasteiger partial charge in [-0.1, -0.05) is 39.0 Å². The standard InChI is InChI=1S/C27H30N6O3S.C2H6.H2/c1-3-37(35,36)24-7-5-4-6-21(24)19-33-25(34)13-8-20-18-28-27(30-26(20)33)29-22-9-11-23(12-10-22)32-16-14-31(2)15-17-32;1-2;/h4-13,18H,3,14-17,19H2,1-2H3,(H,28,29,30);1-2H3;1H. The molecule has 1 saturated heterocycles. The Labute approximate surface area is 231 Å². The molecule has 0 spiro atoms. The molecule has 1 aliphatic heterocycles. The number of sulfone groups is 1. The Balaban J connectivity index is 0.00000144. The minimum absolute atomic E-state index is 0. The molecule has 1 fully saturated rings. The highest BCUT2D eigenvalue weighted by Gasteiger charge is 2.18. The molecule has 10 heteroatoms. The van der Waals surface area contributed by atoms with Crippen LogP contribution < -0.4 is 15.8 Å². The Morgan fingerprint density at radius 2 is 1.64 bits per heavy atom. The third kappa shape index (κ3) is 6.46. The zero-order chi connectivity index (χ0) is 28.0. The zero-order valence-corrected chi connectivity index (χ0v) is 23.8. The molecule has 0 unspecified atom stereocenters. The molecule has 0 amide bonds. The van der Waals surface area contributed by atoms with Crippen molar-refractivity contribution in [3.8, 4) is 0 Å². The maximum absolute atomic E-state index is 12.9. The number of nitrogens with one attached hydrogen (secondary N) is 1. The second-order valence-corrected chi connectivity index (χ2v) is 11.5. The smallest absolute Gasteiger partial charge is 0.252 e. The molecule has 2 aromatic heterocycles. The minimum Gasteiger partial charge on any atom is -0.369 e. The first-order valence-corrected chi connectivity index (χ1v) is 15.0. The highest BCUT2D eigenvalue weighted by atomic mass is 32.2. The van der Waals surface area contributed by atoms with Crippen LogP contribution in [0.4, 0.5) is 17.3 Å². The van der Waals surface area contributed by atoms with Gasteiger partial charge in [0.15, 0.2) is 9.84 Å². The van der Waals surface area contributed by atoms with Gasteiger partial charge < -0.3 is 15.1 Å². The summed E-state index contributed by atoms with van der Waals surface area (Å²) in [6.45, 7) is 9.78. The third-order valence-corrected chi connectivity index (χ3v) is 8.56. The van der Waals surface area contributed by atoms with E-state index in [1.807, 2.05) is 26.0 Å². The summed E-state index contributed by atoms with van der Waals surface area (Å²) in [5.41, 5.74) is 2.72. The van der Waals surface area contributed by atoms with Crippen LogP contribution in [0.5, 0.6) is 0 Å². The van der Waals surface area contributed by atoms with Crippen LogP contribution >= 0.6 is 0 Å². The Morgan fingerprint density at radius 1 is 0.949 bits per heavy atom. The highest BCUT2D eigenvalue weighted by Crippen LogP contribution is 2.23. The largest absolute Gasteiger partial charge is 0.369 e. The number of nitrogens with zero attached hydrogens (tertiary/aromatic N) is 5. The van der Waals surface area contributed by atoms with E-state index in [1.54, 1.807) is 43.5 Å². The van der Waals surface area contributed by atoms with Crippen molar-refractivity contribution in [2.45, 2.75) is 32.2 Å². The number of anilines is 3. The van der Waals surface area contributed by atoms with Crippen LogP contribution in [0.2, 0.25) is 0 Å². The van der Waals surface area contributed by atoms with Crippen molar-refractivity contribution < 1.29 is 9.84 Å². The summed E-state index contributed by atoms with van der Waals surface area (Å²) in [4.78, 5) is 26.8. The maximum atomic E-state index is 12.9. The fourth-order valence-corrected chi connectivity index (χ4v) is 5.63. The second kappa shape index (κ2) is 12.4. The monoisotopic (exact) mass is 550 g/mol. The number of pyridine rings is 1. The van der Waals surface area contributed by atoms with Crippen molar-refractivity contribution in [2.75, 3.05) is 49.2 Å². The van der Waals surface area contributed by atoms with E-state index < -0.39 is 9.84 Å². The van der Waals surface area contributed by atoms with E-state index in [-0.39, 0.29) is 24.2 Å². The van der Waals surface area contributed by atoms with Crippen molar-refractivity contribution in [1.29, 1.82) is 0 Å². The van der Waals surface area contributed by atoms with Gasteiger partial charge in [0.05, 0.1) is 17.2 Å². The van der Waals surface area contributed by atoms with Gasteiger partial charge in [0, 0.05) is 56.6 Å². The van der Waals surface area contributed by atoms with Gasteiger partial charge in [-0.2, -0.15) is 4.98 Å². The molecular weight excluding hydrogens is 512 g/mol. The van der Waals surface area contributed by atoms with E-state index in [2.05, 4.69) is 44.3 Å². The first-order chi connectivity index (χ1) is 18.8. The number of aromatic nitrogens is 3. The topological polar surface area (TPSA) is 100 Å². The molecule has 0 aliphatic carbocycles. The molecule has 208 valence electrons. The van der Waals surface area contributed by atoms with Crippen molar-refractivity contribution in [3.05, 3.63) is 82.8 Å². The molecule has 0 saturated carbocycles. The number of hydrogen-bond donors (Lipinski definition) is 1. The number of piperazine rings is 1. The van der Waals surface area contributed by atoms with E-state index in [1.165, 1.54) is 16.3 Å². The number of likely N-dealkylation sites (N-methyl/N-ethyl adjacent to an activating group) is 1. The van der Waals surface area contributed by atoms with Gasteiger partial charge in [-0.05, 0) is 49.0 Å². The first kappa shape index (κ1) is 28.3. The lowest BCUT2D eigenvalue weighted by Crippen LogP contribution is -2.44. The molecule has 0 bridgehead atoms. The molecule has 3 heterocycles. The van der Waals surface area contributed by atoms with E-state index >= 15 is 0 Å². The van der Waals surface area contributed by atoms with Crippen molar-refractivity contribution in [1.82, 2.24) is 19.4 Å². The molecule has 0 radical (unpaired) electrons. The summed E-state index contributed by atoms with van der Waals surface area (Å²) in [5.74, 6) is 0.340. The SMILES string of the molecule is CC.CCS(=O)(=O)c1ccccc1Cn1c(=O)ccc2cnc(Nc3ccc(N4CCN(C)CC4)cc3)nc21.[HH]. The van der Waals surface area contributed by atoms with Gasteiger partial charge in [-0.3, -0.25) is 9.36 Å². The lowest BCUT2D eigenvalue weighted by molar-refractivity contribution is 0.313. The van der Waals surface area contributed by atoms with Crippen molar-refractivity contribution in [3.63, 3.8) is 0 Å². The molecule has 9 nitrogen and oxygen atoms in total. The molecule has 5 rings (SSSR count). The average Bonchev–Trinajstić information content (AvgIpc) is 2.97. The van der Waals surface area contributed by atoms with E-state index in [9.17, 15) is 13.2 Å². The van der Waals surface area contributed by atoms with Crippen LogP contribution in [-0.4, -0.2) is 66.8 Å². The Morgan fingerprint density at radius 3 is 2.33 bits per heavy atom. The second-order valence-electron chi connectivity index (χ2n) is 9.20. The first-order valence-electron chi connectivity index (χ1n) is 13.3.